The number of hydrogen-bond acceptors (Lipinski definition) is 3. The molecule has 0 spiro atoms. The van der Waals surface area contributed by atoms with Gasteiger partial charge in [-0.25, -0.2) is 9.97 Å². The summed E-state index contributed by atoms with van der Waals surface area (Å²) in [4.78, 5) is 10.6. The highest BCUT2D eigenvalue weighted by Crippen LogP contribution is 2.44. The minimum atomic E-state index is 0.620. The Balaban J connectivity index is 1.37. The normalized spacial score (nSPS) is 11.8. The first-order valence-corrected chi connectivity index (χ1v) is 16.2. The molecule has 0 saturated heterocycles. The van der Waals surface area contributed by atoms with Crippen LogP contribution in [0, 0.1) is 0 Å². The quantitative estimate of drug-likeness (QED) is 0.198. The second-order valence-corrected chi connectivity index (χ2v) is 12.2. The molecule has 10 aromatic rings. The van der Waals surface area contributed by atoms with Gasteiger partial charge >= 0.3 is 0 Å². The lowest BCUT2D eigenvalue weighted by atomic mass is 9.98. The Morgan fingerprint density at radius 3 is 1.81 bits per heavy atom. The molecule has 48 heavy (non-hydrogen) atoms. The van der Waals surface area contributed by atoms with Crippen molar-refractivity contribution in [1.82, 2.24) is 14.5 Å². The first-order valence-electron chi connectivity index (χ1n) is 16.2. The van der Waals surface area contributed by atoms with Gasteiger partial charge in [-0.2, -0.15) is 0 Å². The lowest BCUT2D eigenvalue weighted by molar-refractivity contribution is 0.670. The summed E-state index contributed by atoms with van der Waals surface area (Å²) in [5, 5.41) is 6.92. The highest BCUT2D eigenvalue weighted by Gasteiger charge is 2.23. The van der Waals surface area contributed by atoms with E-state index < -0.39 is 0 Å². The minimum absolute atomic E-state index is 0.620. The third kappa shape index (κ3) is 4.03. The van der Waals surface area contributed by atoms with Crippen molar-refractivity contribution in [3.63, 3.8) is 0 Å². The van der Waals surface area contributed by atoms with Crippen molar-refractivity contribution in [3.05, 3.63) is 164 Å². The maximum Gasteiger partial charge on any atom is 0.235 e. The number of fused-ring (bicyclic) bond motifs is 8. The Labute approximate surface area is 276 Å². The summed E-state index contributed by atoms with van der Waals surface area (Å²) in [5.74, 6) is 0.620. The zero-order valence-corrected chi connectivity index (χ0v) is 25.8. The van der Waals surface area contributed by atoms with E-state index in [-0.39, 0.29) is 0 Å². The van der Waals surface area contributed by atoms with Crippen LogP contribution in [0.4, 0.5) is 0 Å². The van der Waals surface area contributed by atoms with Crippen LogP contribution in [0.5, 0.6) is 0 Å². The molecule has 0 N–H and O–H groups in total. The van der Waals surface area contributed by atoms with Gasteiger partial charge in [0.1, 0.15) is 11.2 Å². The van der Waals surface area contributed by atoms with E-state index in [1.165, 1.54) is 16.2 Å². The molecule has 0 atom stereocenters. The molecule has 0 bridgehead atoms. The molecule has 7 aromatic carbocycles. The summed E-state index contributed by atoms with van der Waals surface area (Å²) in [6.45, 7) is 0. The lowest BCUT2D eigenvalue weighted by Crippen LogP contribution is -2.04. The van der Waals surface area contributed by atoms with E-state index in [0.29, 0.717) is 5.95 Å². The average Bonchev–Trinajstić information content (AvgIpc) is 3.72. The topological polar surface area (TPSA) is 43.9 Å². The highest BCUT2D eigenvalue weighted by atomic mass is 16.3. The van der Waals surface area contributed by atoms with Gasteiger partial charge in [0.15, 0.2) is 0 Å². The van der Waals surface area contributed by atoms with Crippen LogP contribution in [0.2, 0.25) is 0 Å². The van der Waals surface area contributed by atoms with Crippen molar-refractivity contribution in [3.8, 4) is 39.6 Å². The van der Waals surface area contributed by atoms with Crippen LogP contribution in [0.25, 0.3) is 94.1 Å². The first kappa shape index (κ1) is 26.7. The Hall–Kier alpha value is -6.52. The Morgan fingerprint density at radius 2 is 1.06 bits per heavy atom. The van der Waals surface area contributed by atoms with E-state index >= 15 is 0 Å². The van der Waals surface area contributed by atoms with Crippen molar-refractivity contribution in [2.24, 2.45) is 0 Å². The molecule has 0 fully saturated rings. The summed E-state index contributed by atoms with van der Waals surface area (Å²) in [7, 11) is 0. The van der Waals surface area contributed by atoms with Gasteiger partial charge in [0.25, 0.3) is 0 Å². The van der Waals surface area contributed by atoms with Crippen molar-refractivity contribution in [2.45, 2.75) is 0 Å². The molecular weight excluding hydrogens is 587 g/mol. The average molecular weight is 614 g/mol. The van der Waals surface area contributed by atoms with Gasteiger partial charge in [0.2, 0.25) is 5.95 Å². The van der Waals surface area contributed by atoms with Crippen LogP contribution < -0.4 is 0 Å². The Morgan fingerprint density at radius 1 is 0.458 bits per heavy atom. The largest absolute Gasteiger partial charge is 0.455 e. The maximum atomic E-state index is 6.59. The summed E-state index contributed by atoms with van der Waals surface area (Å²) in [6.07, 6.45) is 0. The zero-order valence-electron chi connectivity index (χ0n) is 25.8. The van der Waals surface area contributed by atoms with Crippen LogP contribution in [-0.4, -0.2) is 14.5 Å². The fourth-order valence-corrected chi connectivity index (χ4v) is 7.27. The van der Waals surface area contributed by atoms with Crippen LogP contribution in [-0.2, 0) is 0 Å². The monoisotopic (exact) mass is 613 g/mol. The SMILES string of the molecule is c1ccc(-c2cc(-c3ccccc3)nc(-n3c4ccc5ccccc5c4c4cccc(-c5cccc6c5oc5ccccc56)c43)n2)cc1. The van der Waals surface area contributed by atoms with E-state index in [0.717, 1.165) is 72.0 Å². The molecule has 10 rings (SSSR count). The van der Waals surface area contributed by atoms with Gasteiger partial charge in [-0.05, 0) is 29.0 Å². The molecule has 0 radical (unpaired) electrons. The summed E-state index contributed by atoms with van der Waals surface area (Å²) in [6, 6.07) is 57.1. The third-order valence-electron chi connectivity index (χ3n) is 9.42. The van der Waals surface area contributed by atoms with Crippen LogP contribution in [0.15, 0.2) is 168 Å². The lowest BCUT2D eigenvalue weighted by Gasteiger charge is -2.14. The molecule has 0 saturated carbocycles. The molecular formula is C44H27N3O. The van der Waals surface area contributed by atoms with Gasteiger partial charge < -0.3 is 4.42 Å². The van der Waals surface area contributed by atoms with Gasteiger partial charge in [0, 0.05) is 43.8 Å². The second kappa shape index (κ2) is 10.5. The third-order valence-corrected chi connectivity index (χ3v) is 9.42. The number of rotatable bonds is 4. The molecule has 224 valence electrons. The molecule has 4 nitrogen and oxygen atoms in total. The highest BCUT2D eigenvalue weighted by molar-refractivity contribution is 6.24. The molecule has 3 heterocycles. The minimum Gasteiger partial charge on any atom is -0.455 e. The predicted octanol–water partition coefficient (Wildman–Crippen LogP) is 11.6. The number of para-hydroxylation sites is 3. The van der Waals surface area contributed by atoms with E-state index in [4.69, 9.17) is 14.4 Å². The van der Waals surface area contributed by atoms with Crippen molar-refractivity contribution in [2.75, 3.05) is 0 Å². The molecule has 4 heteroatoms. The fraction of sp³-hybridized carbons (Fsp3) is 0. The van der Waals surface area contributed by atoms with Crippen LogP contribution in [0.1, 0.15) is 0 Å². The number of furan rings is 1. The van der Waals surface area contributed by atoms with Crippen molar-refractivity contribution >= 4 is 54.5 Å². The van der Waals surface area contributed by atoms with Gasteiger partial charge in [-0.3, -0.25) is 4.57 Å². The number of nitrogens with zero attached hydrogens (tertiary/aromatic N) is 3. The molecule has 0 amide bonds. The van der Waals surface area contributed by atoms with Gasteiger partial charge in [0.05, 0.1) is 22.4 Å². The fourth-order valence-electron chi connectivity index (χ4n) is 7.27. The first-order chi connectivity index (χ1) is 23.8. The smallest absolute Gasteiger partial charge is 0.235 e. The van der Waals surface area contributed by atoms with E-state index in [1.807, 2.05) is 24.3 Å². The Kier molecular flexibility index (Phi) is 5.84. The predicted molar refractivity (Wildman–Crippen MR) is 197 cm³/mol. The van der Waals surface area contributed by atoms with E-state index in [1.54, 1.807) is 0 Å². The molecule has 0 aliphatic carbocycles. The molecule has 3 aromatic heterocycles. The van der Waals surface area contributed by atoms with Crippen LogP contribution in [0.3, 0.4) is 0 Å². The van der Waals surface area contributed by atoms with E-state index in [9.17, 15) is 0 Å². The second-order valence-electron chi connectivity index (χ2n) is 12.2. The zero-order chi connectivity index (χ0) is 31.6. The summed E-state index contributed by atoms with van der Waals surface area (Å²) in [5.41, 5.74) is 9.76. The molecule has 0 unspecified atom stereocenters. The summed E-state index contributed by atoms with van der Waals surface area (Å²) >= 11 is 0. The number of benzene rings is 7. The summed E-state index contributed by atoms with van der Waals surface area (Å²) < 4.78 is 8.85. The molecule has 0 aliphatic rings. The van der Waals surface area contributed by atoms with Crippen LogP contribution >= 0.6 is 0 Å². The molecule has 0 aliphatic heterocycles. The number of aromatic nitrogens is 3. The van der Waals surface area contributed by atoms with E-state index in [2.05, 4.69) is 144 Å². The van der Waals surface area contributed by atoms with Gasteiger partial charge in [-0.1, -0.05) is 146 Å². The Bertz CT molecular complexity index is 2770. The van der Waals surface area contributed by atoms with Crippen molar-refractivity contribution in [1.29, 1.82) is 0 Å². The maximum absolute atomic E-state index is 6.59. The van der Waals surface area contributed by atoms with Gasteiger partial charge in [-0.15, -0.1) is 0 Å². The number of hydrogen-bond donors (Lipinski definition) is 0. The standard InChI is InChI=1S/C44H27N3O/c1-3-14-29(15-4-1)37-27-38(30-16-5-2-6-17-30)46-44(45-37)47-39-26-25-28-13-7-8-18-31(28)41(39)36-23-11-20-33(42(36)47)35-22-12-21-34-32-19-9-10-24-40(32)48-43(34)35/h1-27H. The van der Waals surface area contributed by atoms with Crippen molar-refractivity contribution < 1.29 is 4.42 Å².